The molecule has 0 bridgehead atoms. The molecule has 2 aliphatic rings. The van der Waals surface area contributed by atoms with Gasteiger partial charge in [-0.15, -0.1) is 0 Å². The molecule has 0 radical (unpaired) electrons. The molecule has 1 unspecified atom stereocenters. The van der Waals surface area contributed by atoms with E-state index in [9.17, 15) is 0 Å². The summed E-state index contributed by atoms with van der Waals surface area (Å²) in [5.41, 5.74) is 0.742. The summed E-state index contributed by atoms with van der Waals surface area (Å²) in [7, 11) is 2.45. The third kappa shape index (κ3) is 0.953. The lowest BCUT2D eigenvalue weighted by molar-refractivity contribution is -0.833. The van der Waals surface area contributed by atoms with Gasteiger partial charge >= 0.3 is 0 Å². The average Bonchev–Trinajstić information content (AvgIpc) is 2.59. The van der Waals surface area contributed by atoms with Gasteiger partial charge in [-0.3, -0.25) is 0 Å². The van der Waals surface area contributed by atoms with E-state index in [0.717, 1.165) is 11.6 Å². The zero-order chi connectivity index (χ0) is 8.82. The second-order valence-electron chi connectivity index (χ2n) is 5.30. The van der Waals surface area contributed by atoms with Gasteiger partial charge in [-0.1, -0.05) is 6.42 Å². The summed E-state index contributed by atoms with van der Waals surface area (Å²) in [6.45, 7) is 6.22. The normalized spacial score (nSPS) is 39.0. The van der Waals surface area contributed by atoms with E-state index in [1.54, 1.807) is 0 Å². The van der Waals surface area contributed by atoms with Crippen molar-refractivity contribution >= 4 is 0 Å². The highest BCUT2D eigenvalue weighted by atomic mass is 15.5. The summed E-state index contributed by atoms with van der Waals surface area (Å²) in [6.07, 6.45) is 7.46. The molecule has 2 fully saturated rings. The van der Waals surface area contributed by atoms with Crippen molar-refractivity contribution in [2.45, 2.75) is 57.5 Å². The van der Waals surface area contributed by atoms with Crippen LogP contribution in [0.25, 0.3) is 0 Å². The molecule has 1 heteroatoms. The molecule has 0 aromatic heterocycles. The Kier molecular flexibility index (Phi) is 1.76. The fourth-order valence-corrected chi connectivity index (χ4v) is 3.19. The molecule has 0 amide bonds. The third-order valence-corrected chi connectivity index (χ3v) is 4.53. The molecule has 1 saturated heterocycles. The van der Waals surface area contributed by atoms with Gasteiger partial charge in [0, 0.05) is 12.8 Å². The van der Waals surface area contributed by atoms with E-state index in [1.807, 2.05) is 0 Å². The lowest BCUT2D eigenvalue weighted by Crippen LogP contribution is -2.39. The maximum atomic E-state index is 2.45. The van der Waals surface area contributed by atoms with Gasteiger partial charge in [-0.2, -0.15) is 0 Å². The lowest BCUT2D eigenvalue weighted by atomic mass is 9.88. The summed E-state index contributed by atoms with van der Waals surface area (Å²) >= 11 is 0. The molecule has 2 rings (SSSR count). The van der Waals surface area contributed by atoms with Crippen molar-refractivity contribution in [1.29, 1.82) is 0 Å². The highest BCUT2D eigenvalue weighted by Crippen LogP contribution is 2.52. The quantitative estimate of drug-likeness (QED) is 0.417. The van der Waals surface area contributed by atoms with Gasteiger partial charge in [-0.05, 0) is 26.7 Å². The topological polar surface area (TPSA) is 0 Å². The molecule has 1 aliphatic carbocycles. The predicted octanol–water partition coefficient (Wildman–Crippen LogP) is 2.56. The number of rotatable bonds is 1. The van der Waals surface area contributed by atoms with Gasteiger partial charge in [-0.25, -0.2) is 0 Å². The van der Waals surface area contributed by atoms with Gasteiger partial charge in [0.2, 0.25) is 0 Å². The van der Waals surface area contributed by atoms with Gasteiger partial charge < -0.3 is 4.48 Å². The summed E-state index contributed by atoms with van der Waals surface area (Å²) in [6, 6.07) is 0.836. The molecule has 1 atom stereocenters. The van der Waals surface area contributed by atoms with E-state index in [2.05, 4.69) is 20.9 Å². The van der Waals surface area contributed by atoms with Crippen molar-refractivity contribution < 1.29 is 4.48 Å². The molecular formula is C11H22N+. The maximum Gasteiger partial charge on any atom is 0.149 e. The van der Waals surface area contributed by atoms with E-state index in [4.69, 9.17) is 0 Å². The molecule has 1 spiro atoms. The van der Waals surface area contributed by atoms with Crippen LogP contribution in [0.15, 0.2) is 0 Å². The Balaban J connectivity index is 2.07. The fraction of sp³-hybridized carbons (Fsp3) is 1.00. The average molecular weight is 168 g/mol. The Hall–Kier alpha value is -0.0400. The van der Waals surface area contributed by atoms with Crippen LogP contribution >= 0.6 is 0 Å². The largest absolute Gasteiger partial charge is 0.309 e. The molecule has 1 nitrogen and oxygen atoms in total. The van der Waals surface area contributed by atoms with Crippen LogP contribution in [0.2, 0.25) is 0 Å². The highest BCUT2D eigenvalue weighted by Gasteiger charge is 2.67. The van der Waals surface area contributed by atoms with Crippen molar-refractivity contribution in [2.24, 2.45) is 0 Å². The van der Waals surface area contributed by atoms with Crippen LogP contribution in [-0.2, 0) is 0 Å². The minimum atomic E-state index is 0.742. The predicted molar refractivity (Wildman–Crippen MR) is 52.0 cm³/mol. The monoisotopic (exact) mass is 168 g/mol. The van der Waals surface area contributed by atoms with Crippen molar-refractivity contribution in [2.75, 3.05) is 13.6 Å². The summed E-state index contributed by atoms with van der Waals surface area (Å²) in [5, 5.41) is 0. The number of likely N-dealkylation sites (N-methyl/N-ethyl adjacent to an activating group) is 1. The van der Waals surface area contributed by atoms with Crippen LogP contribution in [0.1, 0.15) is 46.0 Å². The first-order valence-electron chi connectivity index (χ1n) is 5.46. The maximum absolute atomic E-state index is 2.45. The standard InChI is InChI=1S/C11H22N/c1-10(2)12(3)9-11(12)7-5-4-6-8-11/h10H,4-9H2,1-3H3/q+1. The zero-order valence-electron chi connectivity index (χ0n) is 8.77. The second-order valence-corrected chi connectivity index (χ2v) is 5.30. The molecule has 0 aromatic rings. The van der Waals surface area contributed by atoms with Crippen LogP contribution in [0, 0.1) is 0 Å². The Labute approximate surface area is 76.3 Å². The van der Waals surface area contributed by atoms with E-state index in [-0.39, 0.29) is 0 Å². The summed E-state index contributed by atoms with van der Waals surface area (Å²) in [5.74, 6) is 0. The molecule has 1 aliphatic heterocycles. The zero-order valence-corrected chi connectivity index (χ0v) is 8.77. The smallest absolute Gasteiger partial charge is 0.149 e. The lowest BCUT2D eigenvalue weighted by Gasteiger charge is -2.29. The summed E-state index contributed by atoms with van der Waals surface area (Å²) < 4.78 is 1.37. The van der Waals surface area contributed by atoms with E-state index in [0.29, 0.717) is 0 Å². The van der Waals surface area contributed by atoms with Crippen molar-refractivity contribution in [3.8, 4) is 0 Å². The number of hydrogen-bond acceptors (Lipinski definition) is 0. The van der Waals surface area contributed by atoms with Crippen molar-refractivity contribution in [3.05, 3.63) is 0 Å². The highest BCUT2D eigenvalue weighted by molar-refractivity contribution is 4.96. The molecule has 1 heterocycles. The molecule has 1 saturated carbocycles. The minimum absolute atomic E-state index is 0.742. The number of hydrogen-bond donors (Lipinski definition) is 0. The van der Waals surface area contributed by atoms with Crippen molar-refractivity contribution in [1.82, 2.24) is 0 Å². The third-order valence-electron chi connectivity index (χ3n) is 4.53. The van der Waals surface area contributed by atoms with Crippen molar-refractivity contribution in [3.63, 3.8) is 0 Å². The minimum Gasteiger partial charge on any atom is -0.309 e. The van der Waals surface area contributed by atoms with Gasteiger partial charge in [0.05, 0.1) is 13.1 Å². The summed E-state index contributed by atoms with van der Waals surface area (Å²) in [4.78, 5) is 0. The van der Waals surface area contributed by atoms with Gasteiger partial charge in [0.25, 0.3) is 0 Å². The Morgan fingerprint density at radius 2 is 1.67 bits per heavy atom. The molecule has 70 valence electrons. The fourth-order valence-electron chi connectivity index (χ4n) is 3.19. The van der Waals surface area contributed by atoms with Crippen LogP contribution in [0.3, 0.4) is 0 Å². The molecule has 0 aromatic carbocycles. The molecular weight excluding hydrogens is 146 g/mol. The Morgan fingerprint density at radius 1 is 1.08 bits per heavy atom. The molecule has 12 heavy (non-hydrogen) atoms. The van der Waals surface area contributed by atoms with Crippen LogP contribution in [0.5, 0.6) is 0 Å². The van der Waals surface area contributed by atoms with Crippen LogP contribution < -0.4 is 0 Å². The van der Waals surface area contributed by atoms with Crippen LogP contribution in [-0.4, -0.2) is 29.7 Å². The van der Waals surface area contributed by atoms with Crippen LogP contribution in [0.4, 0.5) is 0 Å². The number of nitrogens with zero attached hydrogens (tertiary/aromatic N) is 1. The first kappa shape index (κ1) is 8.55. The molecule has 0 N–H and O–H groups in total. The SMILES string of the molecule is CC(C)[N+]1(C)CC12CCCCC2. The van der Waals surface area contributed by atoms with Gasteiger partial charge in [0.1, 0.15) is 12.1 Å². The Bertz CT molecular complexity index is 179. The van der Waals surface area contributed by atoms with Gasteiger partial charge in [0.15, 0.2) is 0 Å². The second kappa shape index (κ2) is 2.47. The Morgan fingerprint density at radius 3 is 2.08 bits per heavy atom. The first-order chi connectivity index (χ1) is 5.61. The van der Waals surface area contributed by atoms with E-state index >= 15 is 0 Å². The first-order valence-corrected chi connectivity index (χ1v) is 5.46. The van der Waals surface area contributed by atoms with E-state index < -0.39 is 0 Å². The number of quaternary nitrogens is 1. The van der Waals surface area contributed by atoms with E-state index in [1.165, 1.54) is 43.1 Å².